The molecule has 0 aromatic heterocycles. The number of rotatable bonds is 1. The Bertz CT molecular complexity index is 268. The average molecular weight is 176 g/mol. The van der Waals surface area contributed by atoms with E-state index in [1.807, 2.05) is 0 Å². The minimum absolute atomic E-state index is 0.514. The summed E-state index contributed by atoms with van der Waals surface area (Å²) in [4.78, 5) is 0. The molecule has 1 atom stereocenters. The van der Waals surface area contributed by atoms with Crippen molar-refractivity contribution in [2.24, 2.45) is 11.3 Å². The van der Waals surface area contributed by atoms with E-state index in [4.69, 9.17) is 0 Å². The molecule has 72 valence electrons. The van der Waals surface area contributed by atoms with Gasteiger partial charge in [-0.3, -0.25) is 0 Å². The molecule has 0 fully saturated rings. The lowest BCUT2D eigenvalue weighted by Crippen LogP contribution is -2.23. The Kier molecular flexibility index (Phi) is 2.09. The van der Waals surface area contributed by atoms with Crippen molar-refractivity contribution in [1.82, 2.24) is 0 Å². The second kappa shape index (κ2) is 3.01. The molecule has 0 nitrogen and oxygen atoms in total. The van der Waals surface area contributed by atoms with Crippen LogP contribution in [0.2, 0.25) is 0 Å². The Hall–Kier alpha value is -0.520. The van der Waals surface area contributed by atoms with E-state index in [9.17, 15) is 0 Å². The molecule has 0 heterocycles. The number of hydrogen-bond acceptors (Lipinski definition) is 0. The zero-order valence-corrected chi connectivity index (χ0v) is 9.06. The predicted molar refractivity (Wildman–Crippen MR) is 57.6 cm³/mol. The second-order valence-electron chi connectivity index (χ2n) is 5.02. The first-order chi connectivity index (χ1) is 6.14. The smallest absolute Gasteiger partial charge is 0.00843 e. The van der Waals surface area contributed by atoms with Gasteiger partial charge in [0.1, 0.15) is 0 Å². The molecular formula is C13H20. The van der Waals surface area contributed by atoms with Gasteiger partial charge in [0.05, 0.1) is 0 Å². The van der Waals surface area contributed by atoms with Crippen molar-refractivity contribution < 1.29 is 0 Å². The highest BCUT2D eigenvalue weighted by Crippen LogP contribution is 2.51. The number of hydrogen-bond donors (Lipinski definition) is 0. The SMILES string of the molecule is CC(C)C1(C)CCC2=C1CCC=C2. The third-order valence-electron chi connectivity index (χ3n) is 4.15. The molecule has 2 aliphatic rings. The summed E-state index contributed by atoms with van der Waals surface area (Å²) in [5.74, 6) is 0.798. The molecule has 0 amide bonds. The summed E-state index contributed by atoms with van der Waals surface area (Å²) in [5.41, 5.74) is 3.94. The highest BCUT2D eigenvalue weighted by molar-refractivity contribution is 5.38. The summed E-state index contributed by atoms with van der Waals surface area (Å²) in [6.07, 6.45) is 9.99. The maximum Gasteiger partial charge on any atom is -0.00843 e. The van der Waals surface area contributed by atoms with Crippen molar-refractivity contribution >= 4 is 0 Å². The first kappa shape index (κ1) is 9.05. The lowest BCUT2D eigenvalue weighted by molar-refractivity contribution is 0.267. The van der Waals surface area contributed by atoms with Crippen molar-refractivity contribution in [2.75, 3.05) is 0 Å². The monoisotopic (exact) mass is 176 g/mol. The predicted octanol–water partition coefficient (Wildman–Crippen LogP) is 4.09. The number of allylic oxidation sites excluding steroid dienone is 4. The quantitative estimate of drug-likeness (QED) is 0.564. The van der Waals surface area contributed by atoms with E-state index in [-0.39, 0.29) is 0 Å². The molecule has 0 spiro atoms. The first-order valence-electron chi connectivity index (χ1n) is 5.53. The Balaban J connectivity index is 2.35. The van der Waals surface area contributed by atoms with Gasteiger partial charge >= 0.3 is 0 Å². The minimum Gasteiger partial charge on any atom is -0.0839 e. The molecule has 13 heavy (non-hydrogen) atoms. The molecule has 0 saturated carbocycles. The van der Waals surface area contributed by atoms with Gasteiger partial charge in [-0.2, -0.15) is 0 Å². The van der Waals surface area contributed by atoms with Crippen molar-refractivity contribution in [1.29, 1.82) is 0 Å². The maximum absolute atomic E-state index is 2.46. The van der Waals surface area contributed by atoms with Crippen LogP contribution in [0.25, 0.3) is 0 Å². The van der Waals surface area contributed by atoms with Crippen LogP contribution >= 0.6 is 0 Å². The highest BCUT2D eigenvalue weighted by atomic mass is 14.4. The Morgan fingerprint density at radius 3 is 2.77 bits per heavy atom. The Labute approximate surface area is 81.7 Å². The van der Waals surface area contributed by atoms with Gasteiger partial charge in [-0.15, -0.1) is 0 Å². The van der Waals surface area contributed by atoms with Gasteiger partial charge in [0.25, 0.3) is 0 Å². The van der Waals surface area contributed by atoms with Crippen molar-refractivity contribution in [3.05, 3.63) is 23.3 Å². The van der Waals surface area contributed by atoms with Gasteiger partial charge in [0.2, 0.25) is 0 Å². The van der Waals surface area contributed by atoms with E-state index in [2.05, 4.69) is 32.9 Å². The maximum atomic E-state index is 2.46. The molecule has 0 radical (unpaired) electrons. The van der Waals surface area contributed by atoms with Gasteiger partial charge in [-0.25, -0.2) is 0 Å². The van der Waals surface area contributed by atoms with Crippen LogP contribution in [0.15, 0.2) is 23.3 Å². The fraction of sp³-hybridized carbons (Fsp3) is 0.692. The molecule has 1 unspecified atom stereocenters. The zero-order valence-electron chi connectivity index (χ0n) is 9.06. The molecule has 0 bridgehead atoms. The molecule has 2 aliphatic carbocycles. The summed E-state index contributed by atoms with van der Waals surface area (Å²) >= 11 is 0. The van der Waals surface area contributed by atoms with Gasteiger partial charge in [0.15, 0.2) is 0 Å². The molecule has 0 aromatic rings. The van der Waals surface area contributed by atoms with Crippen LogP contribution in [-0.4, -0.2) is 0 Å². The Morgan fingerprint density at radius 2 is 2.08 bits per heavy atom. The first-order valence-corrected chi connectivity index (χ1v) is 5.53. The largest absolute Gasteiger partial charge is 0.0839 e. The summed E-state index contributed by atoms with van der Waals surface area (Å²) in [5, 5.41) is 0. The van der Waals surface area contributed by atoms with E-state index in [0.29, 0.717) is 5.41 Å². The van der Waals surface area contributed by atoms with Crippen LogP contribution in [0, 0.1) is 11.3 Å². The van der Waals surface area contributed by atoms with Crippen LogP contribution in [-0.2, 0) is 0 Å². The molecule has 0 heteroatoms. The minimum atomic E-state index is 0.514. The van der Waals surface area contributed by atoms with Crippen molar-refractivity contribution in [2.45, 2.75) is 46.5 Å². The summed E-state index contributed by atoms with van der Waals surface area (Å²) in [7, 11) is 0. The van der Waals surface area contributed by atoms with Gasteiger partial charge in [-0.05, 0) is 42.6 Å². The van der Waals surface area contributed by atoms with E-state index >= 15 is 0 Å². The van der Waals surface area contributed by atoms with E-state index in [1.54, 1.807) is 11.1 Å². The summed E-state index contributed by atoms with van der Waals surface area (Å²) in [6, 6.07) is 0. The van der Waals surface area contributed by atoms with Crippen LogP contribution in [0.4, 0.5) is 0 Å². The average Bonchev–Trinajstić information content (AvgIpc) is 2.47. The third kappa shape index (κ3) is 1.27. The standard InChI is InChI=1S/C13H20/c1-10(2)13(3)9-8-11-6-4-5-7-12(11)13/h4,6,10H,5,7-9H2,1-3H3. The lowest BCUT2D eigenvalue weighted by atomic mass is 9.72. The van der Waals surface area contributed by atoms with E-state index in [0.717, 1.165) is 5.92 Å². The summed E-state index contributed by atoms with van der Waals surface area (Å²) in [6.45, 7) is 7.20. The van der Waals surface area contributed by atoms with Gasteiger partial charge < -0.3 is 0 Å². The molecule has 2 rings (SSSR count). The van der Waals surface area contributed by atoms with E-state index in [1.165, 1.54) is 25.7 Å². The van der Waals surface area contributed by atoms with Crippen LogP contribution in [0.1, 0.15) is 46.5 Å². The van der Waals surface area contributed by atoms with Crippen LogP contribution in [0.5, 0.6) is 0 Å². The normalized spacial score (nSPS) is 32.9. The molecule has 0 aliphatic heterocycles. The fourth-order valence-electron chi connectivity index (χ4n) is 2.78. The topological polar surface area (TPSA) is 0 Å². The highest BCUT2D eigenvalue weighted by Gasteiger charge is 2.38. The Morgan fingerprint density at radius 1 is 1.31 bits per heavy atom. The molecule has 0 N–H and O–H groups in total. The van der Waals surface area contributed by atoms with Crippen LogP contribution in [0.3, 0.4) is 0 Å². The van der Waals surface area contributed by atoms with Crippen molar-refractivity contribution in [3.63, 3.8) is 0 Å². The van der Waals surface area contributed by atoms with Gasteiger partial charge in [0, 0.05) is 0 Å². The molecule has 0 saturated heterocycles. The van der Waals surface area contributed by atoms with E-state index < -0.39 is 0 Å². The second-order valence-corrected chi connectivity index (χ2v) is 5.02. The fourth-order valence-corrected chi connectivity index (χ4v) is 2.78. The van der Waals surface area contributed by atoms with Crippen molar-refractivity contribution in [3.8, 4) is 0 Å². The third-order valence-corrected chi connectivity index (χ3v) is 4.15. The summed E-state index contributed by atoms with van der Waals surface area (Å²) < 4.78 is 0. The molecule has 0 aromatic carbocycles. The molecular weight excluding hydrogens is 156 g/mol. The zero-order chi connectivity index (χ0) is 9.47. The van der Waals surface area contributed by atoms with Crippen LogP contribution < -0.4 is 0 Å². The lowest BCUT2D eigenvalue weighted by Gasteiger charge is -2.33. The van der Waals surface area contributed by atoms with Gasteiger partial charge in [-0.1, -0.05) is 38.5 Å².